The van der Waals surface area contributed by atoms with Gasteiger partial charge in [0.15, 0.2) is 0 Å². The average molecular weight is 387 g/mol. The van der Waals surface area contributed by atoms with Crippen LogP contribution in [0.15, 0.2) is 36.5 Å². The summed E-state index contributed by atoms with van der Waals surface area (Å²) < 4.78 is 66.8. The van der Waals surface area contributed by atoms with E-state index in [-0.39, 0.29) is 12.1 Å². The van der Waals surface area contributed by atoms with Crippen molar-refractivity contribution in [2.75, 3.05) is 0 Å². The molecule has 1 saturated carbocycles. The molecule has 1 aliphatic rings. The van der Waals surface area contributed by atoms with Gasteiger partial charge < -0.3 is 0 Å². The minimum Gasteiger partial charge on any atom is -0.269 e. The van der Waals surface area contributed by atoms with Gasteiger partial charge in [0.05, 0.1) is 29.6 Å². The Hall–Kier alpha value is -1.87. The molecule has 0 saturated heterocycles. The lowest BCUT2D eigenvalue weighted by molar-refractivity contribution is -0.137. The molecule has 0 unspecified atom stereocenters. The third-order valence-electron chi connectivity index (χ3n) is 4.45. The van der Waals surface area contributed by atoms with Crippen molar-refractivity contribution in [2.45, 2.75) is 50.2 Å². The van der Waals surface area contributed by atoms with E-state index in [1.165, 1.54) is 25.0 Å². The summed E-state index contributed by atoms with van der Waals surface area (Å²) >= 11 is 0. The smallest absolute Gasteiger partial charge is 0.269 e. The minimum absolute atomic E-state index is 0.0149. The van der Waals surface area contributed by atoms with Crippen LogP contribution in [-0.2, 0) is 28.5 Å². The Balaban J connectivity index is 1.61. The van der Waals surface area contributed by atoms with Gasteiger partial charge in [-0.3, -0.25) is 4.68 Å². The Kier molecular flexibility index (Phi) is 5.38. The van der Waals surface area contributed by atoms with E-state index in [0.717, 1.165) is 25.0 Å². The van der Waals surface area contributed by atoms with Gasteiger partial charge in [0.2, 0.25) is 10.0 Å². The maximum atomic E-state index is 12.7. The Bertz CT molecular complexity index is 856. The van der Waals surface area contributed by atoms with Crippen molar-refractivity contribution < 1.29 is 21.6 Å². The molecular formula is C17H20F3N3O2S. The van der Waals surface area contributed by atoms with Crippen LogP contribution in [0.3, 0.4) is 0 Å². The zero-order valence-electron chi connectivity index (χ0n) is 14.0. The summed E-state index contributed by atoms with van der Waals surface area (Å²) in [4.78, 5) is 0. The lowest BCUT2D eigenvalue weighted by Gasteiger charge is -2.10. The molecule has 0 atom stereocenters. The highest BCUT2D eigenvalue weighted by Gasteiger charge is 2.30. The van der Waals surface area contributed by atoms with Crippen molar-refractivity contribution in [1.82, 2.24) is 14.5 Å². The first-order valence-electron chi connectivity index (χ1n) is 8.40. The fourth-order valence-electron chi connectivity index (χ4n) is 3.14. The number of halogens is 3. The monoisotopic (exact) mass is 387 g/mol. The molecule has 2 aromatic rings. The zero-order chi connectivity index (χ0) is 18.8. The quantitative estimate of drug-likeness (QED) is 0.823. The number of rotatable bonds is 6. The SMILES string of the molecule is O=S(=O)(Cc1cccc(C(F)(F)F)c1)NCc1ccn(C2CCCC2)n1. The molecule has 0 spiro atoms. The lowest BCUT2D eigenvalue weighted by atomic mass is 10.1. The average Bonchev–Trinajstić information content (AvgIpc) is 3.23. The summed E-state index contributed by atoms with van der Waals surface area (Å²) in [5.41, 5.74) is -0.186. The van der Waals surface area contributed by atoms with Crippen LogP contribution in [0.4, 0.5) is 13.2 Å². The van der Waals surface area contributed by atoms with E-state index in [4.69, 9.17) is 0 Å². The summed E-state index contributed by atoms with van der Waals surface area (Å²) in [7, 11) is -3.77. The van der Waals surface area contributed by atoms with Crippen molar-refractivity contribution >= 4 is 10.0 Å². The fourth-order valence-corrected chi connectivity index (χ4v) is 4.22. The molecule has 1 heterocycles. The van der Waals surface area contributed by atoms with Gasteiger partial charge in [-0.15, -0.1) is 0 Å². The second kappa shape index (κ2) is 7.40. The molecule has 1 fully saturated rings. The first-order valence-corrected chi connectivity index (χ1v) is 10.1. The van der Waals surface area contributed by atoms with Crippen molar-refractivity contribution in [3.05, 3.63) is 53.3 Å². The van der Waals surface area contributed by atoms with Gasteiger partial charge in [0.25, 0.3) is 0 Å². The van der Waals surface area contributed by atoms with Crippen LogP contribution in [0.5, 0.6) is 0 Å². The Morgan fingerprint density at radius 1 is 1.19 bits per heavy atom. The highest BCUT2D eigenvalue weighted by molar-refractivity contribution is 7.88. The number of hydrogen-bond donors (Lipinski definition) is 1. The fraction of sp³-hybridized carbons (Fsp3) is 0.471. The summed E-state index contributed by atoms with van der Waals surface area (Å²) in [6.07, 6.45) is 1.82. The van der Waals surface area contributed by atoms with Crippen molar-refractivity contribution in [2.24, 2.45) is 0 Å². The van der Waals surface area contributed by atoms with Crippen LogP contribution >= 0.6 is 0 Å². The van der Waals surface area contributed by atoms with Gasteiger partial charge in [-0.2, -0.15) is 18.3 Å². The minimum atomic E-state index is -4.50. The van der Waals surface area contributed by atoms with E-state index in [2.05, 4.69) is 9.82 Å². The molecule has 0 aliphatic heterocycles. The third-order valence-corrected chi connectivity index (χ3v) is 5.74. The summed E-state index contributed by atoms with van der Waals surface area (Å²) in [5, 5.41) is 4.39. The van der Waals surface area contributed by atoms with E-state index >= 15 is 0 Å². The molecule has 142 valence electrons. The topological polar surface area (TPSA) is 64.0 Å². The number of benzene rings is 1. The molecule has 3 rings (SSSR count). The largest absolute Gasteiger partial charge is 0.416 e. The van der Waals surface area contributed by atoms with Gasteiger partial charge in [-0.05, 0) is 30.5 Å². The van der Waals surface area contributed by atoms with Crippen LogP contribution in [-0.4, -0.2) is 18.2 Å². The van der Waals surface area contributed by atoms with E-state index in [9.17, 15) is 21.6 Å². The highest BCUT2D eigenvalue weighted by Crippen LogP contribution is 2.30. The predicted octanol–water partition coefficient (Wildman–Crippen LogP) is 3.64. The molecule has 1 N–H and O–H groups in total. The standard InChI is InChI=1S/C17H20F3N3O2S/c18-17(19,20)14-5-3-4-13(10-14)12-26(24,25)21-11-15-8-9-23(22-15)16-6-1-2-7-16/h3-5,8-10,16,21H,1-2,6-7,11-12H2. The van der Waals surface area contributed by atoms with Gasteiger partial charge >= 0.3 is 6.18 Å². The van der Waals surface area contributed by atoms with E-state index in [1.807, 2.05) is 10.9 Å². The summed E-state index contributed by atoms with van der Waals surface area (Å²) in [6, 6.07) is 6.46. The molecule has 1 aromatic heterocycles. The maximum absolute atomic E-state index is 12.7. The van der Waals surface area contributed by atoms with Crippen LogP contribution in [0.1, 0.15) is 48.5 Å². The van der Waals surface area contributed by atoms with Crippen molar-refractivity contribution in [1.29, 1.82) is 0 Å². The first-order chi connectivity index (χ1) is 12.2. The molecule has 9 heteroatoms. The van der Waals surface area contributed by atoms with Gasteiger partial charge in [-0.1, -0.05) is 31.0 Å². The van der Waals surface area contributed by atoms with Gasteiger partial charge in [0, 0.05) is 6.20 Å². The van der Waals surface area contributed by atoms with Crippen molar-refractivity contribution in [3.63, 3.8) is 0 Å². The molecule has 0 bridgehead atoms. The number of hydrogen-bond acceptors (Lipinski definition) is 3. The lowest BCUT2D eigenvalue weighted by Crippen LogP contribution is -2.25. The van der Waals surface area contributed by atoms with E-state index in [0.29, 0.717) is 11.7 Å². The number of nitrogens with one attached hydrogen (secondary N) is 1. The second-order valence-corrected chi connectivity index (χ2v) is 8.31. The summed E-state index contributed by atoms with van der Waals surface area (Å²) in [6.45, 7) is 0.0149. The summed E-state index contributed by atoms with van der Waals surface area (Å²) in [5.74, 6) is -0.514. The Labute approximate surface area is 150 Å². The van der Waals surface area contributed by atoms with Gasteiger partial charge in [-0.25, -0.2) is 13.1 Å². The Morgan fingerprint density at radius 3 is 2.62 bits per heavy atom. The molecule has 26 heavy (non-hydrogen) atoms. The molecule has 1 aliphatic carbocycles. The molecular weight excluding hydrogens is 367 g/mol. The van der Waals surface area contributed by atoms with Crippen LogP contribution in [0.25, 0.3) is 0 Å². The van der Waals surface area contributed by atoms with Crippen LogP contribution in [0.2, 0.25) is 0 Å². The molecule has 0 amide bonds. The molecule has 0 radical (unpaired) electrons. The number of sulfonamides is 1. The number of nitrogens with zero attached hydrogens (tertiary/aromatic N) is 2. The highest BCUT2D eigenvalue weighted by atomic mass is 32.2. The zero-order valence-corrected chi connectivity index (χ0v) is 14.9. The number of aromatic nitrogens is 2. The van der Waals surface area contributed by atoms with Gasteiger partial charge in [0.1, 0.15) is 0 Å². The van der Waals surface area contributed by atoms with E-state index in [1.54, 1.807) is 6.07 Å². The Morgan fingerprint density at radius 2 is 1.92 bits per heavy atom. The van der Waals surface area contributed by atoms with Crippen LogP contribution < -0.4 is 4.72 Å². The predicted molar refractivity (Wildman–Crippen MR) is 90.6 cm³/mol. The normalized spacial score (nSPS) is 16.3. The third kappa shape index (κ3) is 4.85. The second-order valence-electron chi connectivity index (χ2n) is 6.50. The maximum Gasteiger partial charge on any atom is 0.416 e. The number of alkyl halides is 3. The van der Waals surface area contributed by atoms with Crippen LogP contribution in [0, 0.1) is 0 Å². The van der Waals surface area contributed by atoms with Crippen molar-refractivity contribution in [3.8, 4) is 0 Å². The van der Waals surface area contributed by atoms with E-state index < -0.39 is 27.5 Å². The first kappa shape index (κ1) is 18.9. The molecule has 5 nitrogen and oxygen atoms in total. The molecule has 1 aromatic carbocycles.